The Labute approximate surface area is 142 Å². The Morgan fingerprint density at radius 2 is 2.08 bits per heavy atom. The van der Waals surface area contributed by atoms with Gasteiger partial charge in [-0.25, -0.2) is 0 Å². The summed E-state index contributed by atoms with van der Waals surface area (Å²) >= 11 is 0. The van der Waals surface area contributed by atoms with Crippen molar-refractivity contribution in [1.82, 2.24) is 10.2 Å². The molecule has 7 nitrogen and oxygen atoms in total. The molecular weight excluding hydrogens is 311 g/mol. The van der Waals surface area contributed by atoms with E-state index in [4.69, 9.17) is 14.7 Å². The number of amides is 2. The molecule has 2 amide bonds. The molecule has 0 radical (unpaired) electrons. The van der Waals surface area contributed by atoms with Gasteiger partial charge in [0.05, 0.1) is 6.54 Å². The molecule has 0 spiro atoms. The second-order valence-corrected chi connectivity index (χ2v) is 5.55. The van der Waals surface area contributed by atoms with Crippen LogP contribution in [0.15, 0.2) is 30.9 Å². The van der Waals surface area contributed by atoms with Gasteiger partial charge in [-0.3, -0.25) is 9.59 Å². The Hall–Kier alpha value is -2.16. The molecule has 0 aliphatic carbocycles. The number of aryl methyl sites for hydroxylation is 2. The van der Waals surface area contributed by atoms with Crippen molar-refractivity contribution in [2.24, 2.45) is 0 Å². The largest absolute Gasteiger partial charge is 0.635 e. The smallest absolute Gasteiger partial charge is 0.402 e. The molecule has 1 aromatic carbocycles. The lowest BCUT2D eigenvalue weighted by Gasteiger charge is -2.22. The van der Waals surface area contributed by atoms with Crippen molar-refractivity contribution in [2.75, 3.05) is 13.6 Å². The minimum absolute atomic E-state index is 0.195. The Morgan fingerprint density at radius 1 is 1.42 bits per heavy atom. The van der Waals surface area contributed by atoms with Crippen molar-refractivity contribution in [3.05, 3.63) is 47.5 Å². The van der Waals surface area contributed by atoms with E-state index in [9.17, 15) is 9.59 Å². The Bertz CT molecular complexity index is 606. The van der Waals surface area contributed by atoms with Gasteiger partial charge in [-0.2, -0.15) is 0 Å². The summed E-state index contributed by atoms with van der Waals surface area (Å²) in [5.74, 6) is -0.873. The Kier molecular flexibility index (Phi) is 7.64. The minimum Gasteiger partial charge on any atom is -0.402 e. The molecule has 1 rings (SSSR count). The number of benzene rings is 1. The number of carbonyl (C=O) groups excluding carboxylic acids is 2. The molecule has 1 aromatic rings. The first-order valence-corrected chi connectivity index (χ1v) is 7.47. The third kappa shape index (κ3) is 6.53. The van der Waals surface area contributed by atoms with Gasteiger partial charge in [0.25, 0.3) is 0 Å². The third-order valence-corrected chi connectivity index (χ3v) is 3.44. The predicted octanol–water partition coefficient (Wildman–Crippen LogP) is -0.0813. The zero-order chi connectivity index (χ0) is 18.3. The molecule has 0 fully saturated rings. The normalized spacial score (nSPS) is 11.5. The SMILES string of the molecule is C=CC(=O)N(C)CC(=O)N[C@@H](Cc1ccc(C)cc1C)OB(O)O. The van der Waals surface area contributed by atoms with E-state index in [0.29, 0.717) is 0 Å². The van der Waals surface area contributed by atoms with Gasteiger partial charge in [0.15, 0.2) is 0 Å². The van der Waals surface area contributed by atoms with Crippen LogP contribution < -0.4 is 5.32 Å². The molecule has 0 saturated heterocycles. The van der Waals surface area contributed by atoms with Crippen molar-refractivity contribution in [2.45, 2.75) is 26.5 Å². The highest BCUT2D eigenvalue weighted by Gasteiger charge is 2.22. The molecule has 8 heteroatoms. The maximum absolute atomic E-state index is 12.0. The summed E-state index contributed by atoms with van der Waals surface area (Å²) < 4.78 is 4.93. The van der Waals surface area contributed by atoms with Crippen LogP contribution in [-0.4, -0.2) is 53.9 Å². The minimum atomic E-state index is -2.02. The topological polar surface area (TPSA) is 99.1 Å². The molecule has 0 bridgehead atoms. The average molecular weight is 334 g/mol. The molecule has 0 unspecified atom stereocenters. The van der Waals surface area contributed by atoms with Gasteiger partial charge in [-0.1, -0.05) is 30.3 Å². The second kappa shape index (κ2) is 9.22. The summed E-state index contributed by atoms with van der Waals surface area (Å²) in [5, 5.41) is 20.6. The lowest BCUT2D eigenvalue weighted by atomic mass is 10.0. The van der Waals surface area contributed by atoms with Gasteiger partial charge in [0, 0.05) is 13.5 Å². The Balaban J connectivity index is 2.76. The summed E-state index contributed by atoms with van der Waals surface area (Å²) in [4.78, 5) is 24.6. The first-order chi connectivity index (χ1) is 11.2. The second-order valence-electron chi connectivity index (χ2n) is 5.55. The van der Waals surface area contributed by atoms with Crippen LogP contribution in [0.3, 0.4) is 0 Å². The maximum Gasteiger partial charge on any atom is 0.635 e. The number of hydrogen-bond donors (Lipinski definition) is 3. The summed E-state index contributed by atoms with van der Waals surface area (Å²) in [7, 11) is -0.557. The predicted molar refractivity (Wildman–Crippen MR) is 90.7 cm³/mol. The highest BCUT2D eigenvalue weighted by molar-refractivity contribution is 6.32. The maximum atomic E-state index is 12.0. The highest BCUT2D eigenvalue weighted by Crippen LogP contribution is 2.13. The first-order valence-electron chi connectivity index (χ1n) is 7.47. The van der Waals surface area contributed by atoms with Crippen molar-refractivity contribution in [1.29, 1.82) is 0 Å². The summed E-state index contributed by atoms with van der Waals surface area (Å²) in [6.07, 6.45) is 0.425. The zero-order valence-electron chi connectivity index (χ0n) is 14.2. The molecular formula is C16H23BN2O5. The number of rotatable bonds is 8. The van der Waals surface area contributed by atoms with Crippen LogP contribution >= 0.6 is 0 Å². The van der Waals surface area contributed by atoms with Crippen LogP contribution in [0.4, 0.5) is 0 Å². The van der Waals surface area contributed by atoms with Crippen molar-refractivity contribution in [3.8, 4) is 0 Å². The summed E-state index contributed by atoms with van der Waals surface area (Å²) in [6, 6.07) is 5.80. The number of likely N-dealkylation sites (N-methyl/N-ethyl adjacent to an activating group) is 1. The number of carbonyl (C=O) groups is 2. The zero-order valence-corrected chi connectivity index (χ0v) is 14.2. The highest BCUT2D eigenvalue weighted by atomic mass is 16.6. The van der Waals surface area contributed by atoms with Crippen molar-refractivity contribution < 1.29 is 24.3 Å². The van der Waals surface area contributed by atoms with Crippen LogP contribution in [0.25, 0.3) is 0 Å². The summed E-state index contributed by atoms with van der Waals surface area (Å²) in [6.45, 7) is 7.05. The fourth-order valence-corrected chi connectivity index (χ4v) is 2.23. The van der Waals surface area contributed by atoms with Crippen LogP contribution in [0, 0.1) is 13.8 Å². The first kappa shape index (κ1) is 19.9. The van der Waals surface area contributed by atoms with E-state index in [1.54, 1.807) is 0 Å². The van der Waals surface area contributed by atoms with E-state index < -0.39 is 19.5 Å². The molecule has 24 heavy (non-hydrogen) atoms. The lowest BCUT2D eigenvalue weighted by molar-refractivity contribution is -0.132. The van der Waals surface area contributed by atoms with Crippen molar-refractivity contribution >= 4 is 19.1 Å². The van der Waals surface area contributed by atoms with E-state index in [1.807, 2.05) is 32.0 Å². The Morgan fingerprint density at radius 3 is 2.62 bits per heavy atom. The quantitative estimate of drug-likeness (QED) is 0.351. The van der Waals surface area contributed by atoms with Crippen LogP contribution in [0.2, 0.25) is 0 Å². The van der Waals surface area contributed by atoms with E-state index in [0.717, 1.165) is 22.8 Å². The molecule has 0 heterocycles. The molecule has 0 aliphatic heterocycles. The molecule has 3 N–H and O–H groups in total. The van der Waals surface area contributed by atoms with Crippen LogP contribution in [-0.2, 0) is 20.7 Å². The van der Waals surface area contributed by atoms with Gasteiger partial charge < -0.3 is 24.9 Å². The van der Waals surface area contributed by atoms with Gasteiger partial charge in [-0.15, -0.1) is 0 Å². The molecule has 1 atom stereocenters. The third-order valence-electron chi connectivity index (χ3n) is 3.44. The van der Waals surface area contributed by atoms with Gasteiger partial charge in [-0.05, 0) is 31.1 Å². The fourth-order valence-electron chi connectivity index (χ4n) is 2.23. The fraction of sp³-hybridized carbons (Fsp3) is 0.375. The number of hydrogen-bond acceptors (Lipinski definition) is 5. The standard InChI is InChI=1S/C16H23BN2O5/c1-5-16(21)19(4)10-14(20)18-15(24-17(22)23)9-13-7-6-11(2)8-12(13)3/h5-8,15,22-23H,1,9-10H2,2-4H3,(H,18,20)/t15-/m1/s1. The molecule has 0 aliphatic rings. The van der Waals surface area contributed by atoms with E-state index in [1.165, 1.54) is 11.9 Å². The van der Waals surface area contributed by atoms with Gasteiger partial charge in [0.1, 0.15) is 6.23 Å². The number of nitrogens with one attached hydrogen (secondary N) is 1. The van der Waals surface area contributed by atoms with E-state index in [2.05, 4.69) is 11.9 Å². The molecule has 0 saturated carbocycles. The summed E-state index contributed by atoms with van der Waals surface area (Å²) in [5.41, 5.74) is 3.01. The van der Waals surface area contributed by atoms with E-state index >= 15 is 0 Å². The lowest BCUT2D eigenvalue weighted by Crippen LogP contribution is -2.46. The van der Waals surface area contributed by atoms with Gasteiger partial charge in [0.2, 0.25) is 11.8 Å². The van der Waals surface area contributed by atoms with E-state index in [-0.39, 0.29) is 18.9 Å². The monoisotopic (exact) mass is 334 g/mol. The van der Waals surface area contributed by atoms with Crippen LogP contribution in [0.1, 0.15) is 16.7 Å². The molecule has 0 aromatic heterocycles. The van der Waals surface area contributed by atoms with Crippen molar-refractivity contribution in [3.63, 3.8) is 0 Å². The number of nitrogens with zero attached hydrogens (tertiary/aromatic N) is 1. The van der Waals surface area contributed by atoms with Crippen LogP contribution in [0.5, 0.6) is 0 Å². The molecule has 130 valence electrons. The average Bonchev–Trinajstić information content (AvgIpc) is 2.48. The van der Waals surface area contributed by atoms with Gasteiger partial charge >= 0.3 is 7.32 Å².